The van der Waals surface area contributed by atoms with E-state index in [0.29, 0.717) is 30.9 Å². The second-order valence-electron chi connectivity index (χ2n) is 8.33. The topological polar surface area (TPSA) is 125 Å². The van der Waals surface area contributed by atoms with Crippen molar-refractivity contribution in [2.45, 2.75) is 36.5 Å². The molecule has 9 nitrogen and oxygen atoms in total. The highest BCUT2D eigenvalue weighted by atomic mass is 32.2. The van der Waals surface area contributed by atoms with Gasteiger partial charge in [-0.05, 0) is 48.7 Å². The lowest BCUT2D eigenvalue weighted by Gasteiger charge is -2.34. The van der Waals surface area contributed by atoms with Crippen LogP contribution in [0.25, 0.3) is 0 Å². The first kappa shape index (κ1) is 25.8. The molecule has 1 aliphatic rings. The van der Waals surface area contributed by atoms with Gasteiger partial charge >= 0.3 is 5.97 Å². The highest BCUT2D eigenvalue weighted by molar-refractivity contribution is 7.92. The first-order valence-corrected chi connectivity index (χ1v) is 12.8. The Kier molecular flexibility index (Phi) is 8.78. The van der Waals surface area contributed by atoms with Crippen molar-refractivity contribution in [3.05, 3.63) is 60.2 Å². The van der Waals surface area contributed by atoms with Gasteiger partial charge < -0.3 is 15.2 Å². The number of ether oxygens (including phenoxy) is 1. The number of hydrogen-bond acceptors (Lipinski definition) is 7. The quantitative estimate of drug-likeness (QED) is 0.465. The third-order valence-corrected chi connectivity index (χ3v) is 8.07. The van der Waals surface area contributed by atoms with E-state index in [1.807, 2.05) is 11.9 Å². The van der Waals surface area contributed by atoms with Crippen LogP contribution in [0.2, 0.25) is 0 Å². The summed E-state index contributed by atoms with van der Waals surface area (Å²) in [6.07, 6.45) is 0.957. The Labute approximate surface area is 200 Å². The van der Waals surface area contributed by atoms with E-state index in [2.05, 4.69) is 10.7 Å². The fraction of sp³-hybridized carbons (Fsp3) is 0.417. The van der Waals surface area contributed by atoms with E-state index >= 15 is 0 Å². The Balaban J connectivity index is 1.67. The molecule has 0 spiro atoms. The van der Waals surface area contributed by atoms with Crippen molar-refractivity contribution in [1.29, 1.82) is 0 Å². The minimum Gasteiger partial charge on any atom is -0.480 e. The van der Waals surface area contributed by atoms with Crippen molar-refractivity contribution in [2.24, 2.45) is 5.92 Å². The summed E-state index contributed by atoms with van der Waals surface area (Å²) in [5.74, 6) is -2.42. The molecule has 0 aliphatic carbocycles. The number of nitrogens with one attached hydrogen (secondary N) is 2. The molecule has 0 radical (unpaired) electrons. The van der Waals surface area contributed by atoms with Crippen LogP contribution in [0, 0.1) is 5.92 Å². The largest absolute Gasteiger partial charge is 0.480 e. The Morgan fingerprint density at radius 3 is 2.44 bits per heavy atom. The lowest BCUT2D eigenvalue weighted by atomic mass is 10.1. The minimum absolute atomic E-state index is 0.0939. The van der Waals surface area contributed by atoms with Gasteiger partial charge in [0.05, 0.1) is 17.6 Å². The van der Waals surface area contributed by atoms with Crippen molar-refractivity contribution >= 4 is 27.4 Å². The van der Waals surface area contributed by atoms with E-state index in [4.69, 9.17) is 4.74 Å². The van der Waals surface area contributed by atoms with Gasteiger partial charge in [0.1, 0.15) is 0 Å². The van der Waals surface area contributed by atoms with E-state index in [9.17, 15) is 23.1 Å². The molecule has 1 heterocycles. The van der Waals surface area contributed by atoms with E-state index in [0.717, 1.165) is 6.42 Å². The van der Waals surface area contributed by atoms with Gasteiger partial charge in [-0.25, -0.2) is 13.4 Å². The number of rotatable bonds is 10. The lowest BCUT2D eigenvalue weighted by Crippen LogP contribution is -2.52. The van der Waals surface area contributed by atoms with Gasteiger partial charge in [-0.3, -0.25) is 15.0 Å². The highest BCUT2D eigenvalue weighted by Crippen LogP contribution is 2.24. The maximum absolute atomic E-state index is 13.2. The van der Waals surface area contributed by atoms with Crippen LogP contribution in [0.4, 0.5) is 5.69 Å². The van der Waals surface area contributed by atoms with Crippen LogP contribution >= 0.6 is 0 Å². The van der Waals surface area contributed by atoms with Crippen molar-refractivity contribution in [2.75, 3.05) is 31.6 Å². The molecule has 184 valence electrons. The van der Waals surface area contributed by atoms with Gasteiger partial charge in [-0.1, -0.05) is 32.0 Å². The number of carboxylic acid groups (broad SMARTS) is 1. The Morgan fingerprint density at radius 2 is 1.82 bits per heavy atom. The summed E-state index contributed by atoms with van der Waals surface area (Å²) in [5.41, 5.74) is 4.05. The molecule has 1 saturated heterocycles. The van der Waals surface area contributed by atoms with Gasteiger partial charge in [0, 0.05) is 30.9 Å². The number of carboxylic acids is 1. The number of anilines is 1. The van der Waals surface area contributed by atoms with Gasteiger partial charge in [-0.15, -0.1) is 0 Å². The molecule has 3 N–H and O–H groups in total. The summed E-state index contributed by atoms with van der Waals surface area (Å²) < 4.78 is 32.0. The van der Waals surface area contributed by atoms with Crippen LogP contribution in [-0.4, -0.2) is 68.0 Å². The first-order valence-electron chi connectivity index (χ1n) is 11.3. The average Bonchev–Trinajstić information content (AvgIpc) is 2.83. The number of hydrazine groups is 1. The van der Waals surface area contributed by atoms with Crippen LogP contribution in [0.5, 0.6) is 0 Å². The van der Waals surface area contributed by atoms with Crippen molar-refractivity contribution < 1.29 is 27.9 Å². The number of carbonyl (C=O) groups excluding carboxylic acids is 1. The fourth-order valence-corrected chi connectivity index (χ4v) is 5.62. The zero-order chi connectivity index (χ0) is 24.7. The van der Waals surface area contributed by atoms with E-state index in [-0.39, 0.29) is 23.5 Å². The number of carbonyl (C=O) groups is 2. The predicted octanol–water partition coefficient (Wildman–Crippen LogP) is 2.42. The lowest BCUT2D eigenvalue weighted by molar-refractivity contribution is -0.137. The molecule has 1 amide bonds. The van der Waals surface area contributed by atoms with E-state index < -0.39 is 27.0 Å². The summed E-state index contributed by atoms with van der Waals surface area (Å²) in [7, 11) is -4.16. The SMILES string of the molecule is CCC1CN(NCC(C)C(C(=O)O)S(=O)(=O)c2ccc(NC(=O)c3ccccc3)cc2)CCO1. The van der Waals surface area contributed by atoms with E-state index in [1.54, 1.807) is 37.3 Å². The second kappa shape index (κ2) is 11.6. The van der Waals surface area contributed by atoms with Crippen LogP contribution in [0.3, 0.4) is 0 Å². The molecule has 0 bridgehead atoms. The number of morpholine rings is 1. The molecule has 3 atom stereocenters. The van der Waals surface area contributed by atoms with Gasteiger partial charge in [-0.2, -0.15) is 0 Å². The molecule has 3 unspecified atom stereocenters. The molecule has 0 saturated carbocycles. The second-order valence-corrected chi connectivity index (χ2v) is 10.4. The summed E-state index contributed by atoms with van der Waals surface area (Å²) in [4.78, 5) is 24.2. The number of aliphatic carboxylic acids is 1. The highest BCUT2D eigenvalue weighted by Gasteiger charge is 2.38. The predicted molar refractivity (Wildman–Crippen MR) is 128 cm³/mol. The summed E-state index contributed by atoms with van der Waals surface area (Å²) in [5, 5.41) is 12.8. The third kappa shape index (κ3) is 6.41. The monoisotopic (exact) mass is 489 g/mol. The van der Waals surface area contributed by atoms with Crippen LogP contribution < -0.4 is 10.7 Å². The van der Waals surface area contributed by atoms with Gasteiger partial charge in [0.25, 0.3) is 5.91 Å². The van der Waals surface area contributed by atoms with Gasteiger partial charge in [0.15, 0.2) is 15.1 Å². The van der Waals surface area contributed by atoms with Crippen LogP contribution in [0.1, 0.15) is 30.6 Å². The van der Waals surface area contributed by atoms with Crippen LogP contribution in [0.15, 0.2) is 59.5 Å². The van der Waals surface area contributed by atoms with Crippen molar-refractivity contribution in [1.82, 2.24) is 10.4 Å². The van der Waals surface area contributed by atoms with Crippen LogP contribution in [-0.2, 0) is 19.4 Å². The minimum atomic E-state index is -4.16. The fourth-order valence-electron chi connectivity index (χ4n) is 3.84. The normalized spacial score (nSPS) is 18.7. The average molecular weight is 490 g/mol. The van der Waals surface area contributed by atoms with E-state index in [1.165, 1.54) is 24.3 Å². The molecule has 1 aliphatic heterocycles. The summed E-state index contributed by atoms with van der Waals surface area (Å²) in [6, 6.07) is 14.2. The molecule has 2 aromatic carbocycles. The molecular formula is C24H31N3O6S. The standard InChI is InChI=1S/C24H31N3O6S/c1-3-20-16-27(13-14-33-20)25-15-17(2)22(24(29)30)34(31,32)21-11-9-19(10-12-21)26-23(28)18-7-5-4-6-8-18/h4-12,17,20,22,25H,3,13-16H2,1-2H3,(H,26,28)(H,29,30). The number of benzene rings is 2. The maximum atomic E-state index is 13.2. The van der Waals surface area contributed by atoms with Crippen molar-refractivity contribution in [3.8, 4) is 0 Å². The third-order valence-electron chi connectivity index (χ3n) is 5.80. The maximum Gasteiger partial charge on any atom is 0.322 e. The zero-order valence-electron chi connectivity index (χ0n) is 19.3. The summed E-state index contributed by atoms with van der Waals surface area (Å²) >= 11 is 0. The van der Waals surface area contributed by atoms with Crippen molar-refractivity contribution in [3.63, 3.8) is 0 Å². The number of amides is 1. The molecule has 10 heteroatoms. The first-order chi connectivity index (χ1) is 16.2. The smallest absolute Gasteiger partial charge is 0.322 e. The zero-order valence-corrected chi connectivity index (χ0v) is 20.1. The molecule has 3 rings (SSSR count). The number of nitrogens with zero attached hydrogens (tertiary/aromatic N) is 1. The summed E-state index contributed by atoms with van der Waals surface area (Å²) in [6.45, 7) is 5.69. The molecular weight excluding hydrogens is 458 g/mol. The molecule has 1 fully saturated rings. The molecule has 34 heavy (non-hydrogen) atoms. The Bertz CT molecular complexity index is 1080. The number of hydrogen-bond donors (Lipinski definition) is 3. The molecule has 2 aromatic rings. The van der Waals surface area contributed by atoms with Gasteiger partial charge in [0.2, 0.25) is 0 Å². The Morgan fingerprint density at radius 1 is 1.15 bits per heavy atom. The molecule has 0 aromatic heterocycles. The Hall–Kier alpha value is -2.79. The number of sulfone groups is 1.